The van der Waals surface area contributed by atoms with E-state index in [0.717, 1.165) is 5.92 Å². The number of rotatable bonds is 4. The molecule has 1 aliphatic rings. The lowest BCUT2D eigenvalue weighted by Crippen LogP contribution is -2.28. The number of nitrogens with one attached hydrogen (secondary N) is 1. The smallest absolute Gasteiger partial charge is 0.0465 e. The largest absolute Gasteiger partial charge is 0.271 e. The van der Waals surface area contributed by atoms with Crippen LogP contribution in [0.4, 0.5) is 0 Å². The molecule has 2 heteroatoms. The Morgan fingerprint density at radius 2 is 2.14 bits per heavy atom. The molecule has 0 aromatic heterocycles. The van der Waals surface area contributed by atoms with Crippen LogP contribution in [0.1, 0.15) is 36.4 Å². The molecule has 0 spiro atoms. The summed E-state index contributed by atoms with van der Waals surface area (Å²) < 4.78 is 0. The van der Waals surface area contributed by atoms with Gasteiger partial charge in [-0.25, -0.2) is 0 Å². The molecular formula is C12H18N2. The van der Waals surface area contributed by atoms with E-state index in [4.69, 9.17) is 5.84 Å². The van der Waals surface area contributed by atoms with Gasteiger partial charge in [-0.3, -0.25) is 11.3 Å². The number of hydrazine groups is 1. The van der Waals surface area contributed by atoms with Crippen molar-refractivity contribution in [3.8, 4) is 0 Å². The normalized spacial score (nSPS) is 18.1. The van der Waals surface area contributed by atoms with Gasteiger partial charge in [-0.2, -0.15) is 0 Å². The second-order valence-corrected chi connectivity index (χ2v) is 4.25. The fourth-order valence-electron chi connectivity index (χ4n) is 1.95. The highest BCUT2D eigenvalue weighted by atomic mass is 15.2. The van der Waals surface area contributed by atoms with Gasteiger partial charge in [-0.05, 0) is 30.4 Å². The first-order valence-corrected chi connectivity index (χ1v) is 5.33. The van der Waals surface area contributed by atoms with Crippen molar-refractivity contribution >= 4 is 0 Å². The van der Waals surface area contributed by atoms with Crippen molar-refractivity contribution in [2.24, 2.45) is 11.8 Å². The summed E-state index contributed by atoms with van der Waals surface area (Å²) in [7, 11) is 0. The quantitative estimate of drug-likeness (QED) is 0.564. The SMILES string of the molecule is Cc1ccccc1C(CC1CC1)NN. The van der Waals surface area contributed by atoms with E-state index in [1.807, 2.05) is 0 Å². The molecule has 1 aliphatic carbocycles. The Morgan fingerprint density at radius 1 is 1.43 bits per heavy atom. The molecule has 2 rings (SSSR count). The number of hydrogen-bond donors (Lipinski definition) is 2. The van der Waals surface area contributed by atoms with Crippen LogP contribution in [-0.4, -0.2) is 0 Å². The molecule has 0 heterocycles. The highest BCUT2D eigenvalue weighted by Gasteiger charge is 2.26. The average Bonchev–Trinajstić information content (AvgIpc) is 2.99. The zero-order valence-corrected chi connectivity index (χ0v) is 8.66. The van der Waals surface area contributed by atoms with Crippen molar-refractivity contribution in [3.05, 3.63) is 35.4 Å². The third-order valence-electron chi connectivity index (χ3n) is 3.03. The molecule has 0 bridgehead atoms. The first-order chi connectivity index (χ1) is 6.81. The van der Waals surface area contributed by atoms with Crippen LogP contribution in [0.25, 0.3) is 0 Å². The van der Waals surface area contributed by atoms with E-state index >= 15 is 0 Å². The third kappa shape index (κ3) is 2.14. The summed E-state index contributed by atoms with van der Waals surface area (Å²) in [6, 6.07) is 8.81. The fourth-order valence-corrected chi connectivity index (χ4v) is 1.95. The molecule has 2 nitrogen and oxygen atoms in total. The number of aryl methyl sites for hydroxylation is 1. The standard InChI is InChI=1S/C12H18N2/c1-9-4-2-3-5-11(9)12(14-13)8-10-6-7-10/h2-5,10,12,14H,6-8,13H2,1H3. The van der Waals surface area contributed by atoms with Crippen molar-refractivity contribution in [2.45, 2.75) is 32.2 Å². The van der Waals surface area contributed by atoms with Crippen molar-refractivity contribution in [2.75, 3.05) is 0 Å². The zero-order chi connectivity index (χ0) is 9.97. The van der Waals surface area contributed by atoms with Crippen LogP contribution in [0.15, 0.2) is 24.3 Å². The highest BCUT2D eigenvalue weighted by molar-refractivity contribution is 5.28. The van der Waals surface area contributed by atoms with Crippen LogP contribution in [0.5, 0.6) is 0 Å². The average molecular weight is 190 g/mol. The first-order valence-electron chi connectivity index (χ1n) is 5.33. The second kappa shape index (κ2) is 4.11. The Morgan fingerprint density at radius 3 is 2.71 bits per heavy atom. The Balaban J connectivity index is 2.12. The van der Waals surface area contributed by atoms with Crippen LogP contribution in [-0.2, 0) is 0 Å². The Kier molecular flexibility index (Phi) is 2.85. The molecule has 0 radical (unpaired) electrons. The molecule has 1 aromatic rings. The van der Waals surface area contributed by atoms with Gasteiger partial charge in [0, 0.05) is 6.04 Å². The van der Waals surface area contributed by atoms with Crippen LogP contribution < -0.4 is 11.3 Å². The molecule has 1 unspecified atom stereocenters. The minimum Gasteiger partial charge on any atom is -0.271 e. The van der Waals surface area contributed by atoms with Gasteiger partial charge < -0.3 is 0 Å². The van der Waals surface area contributed by atoms with E-state index < -0.39 is 0 Å². The van der Waals surface area contributed by atoms with Crippen LogP contribution in [0, 0.1) is 12.8 Å². The Hall–Kier alpha value is -0.860. The fraction of sp³-hybridized carbons (Fsp3) is 0.500. The number of nitrogens with two attached hydrogens (primary N) is 1. The molecule has 1 atom stereocenters. The van der Waals surface area contributed by atoms with Gasteiger partial charge in [0.2, 0.25) is 0 Å². The zero-order valence-electron chi connectivity index (χ0n) is 8.66. The van der Waals surface area contributed by atoms with Crippen molar-refractivity contribution < 1.29 is 0 Å². The summed E-state index contributed by atoms with van der Waals surface area (Å²) in [6.45, 7) is 2.15. The minimum atomic E-state index is 0.337. The number of hydrogen-bond acceptors (Lipinski definition) is 2. The first kappa shape index (κ1) is 9.69. The molecule has 1 aromatic carbocycles. The number of benzene rings is 1. The molecule has 0 amide bonds. The molecule has 1 fully saturated rings. The molecule has 0 aliphatic heterocycles. The van der Waals surface area contributed by atoms with Crippen LogP contribution >= 0.6 is 0 Å². The molecular weight excluding hydrogens is 172 g/mol. The maximum absolute atomic E-state index is 5.60. The van der Waals surface area contributed by atoms with Crippen molar-refractivity contribution in [1.29, 1.82) is 0 Å². The summed E-state index contributed by atoms with van der Waals surface area (Å²) in [5, 5.41) is 0. The lowest BCUT2D eigenvalue weighted by Gasteiger charge is -2.17. The van der Waals surface area contributed by atoms with E-state index in [-0.39, 0.29) is 0 Å². The molecule has 76 valence electrons. The predicted molar refractivity (Wildman–Crippen MR) is 58.6 cm³/mol. The molecule has 0 saturated heterocycles. The summed E-state index contributed by atoms with van der Waals surface area (Å²) in [5.74, 6) is 6.50. The maximum atomic E-state index is 5.60. The lowest BCUT2D eigenvalue weighted by molar-refractivity contribution is 0.485. The monoisotopic (exact) mass is 190 g/mol. The van der Waals surface area contributed by atoms with E-state index in [2.05, 4.69) is 36.6 Å². The second-order valence-electron chi connectivity index (χ2n) is 4.25. The van der Waals surface area contributed by atoms with Gasteiger partial charge >= 0.3 is 0 Å². The van der Waals surface area contributed by atoms with Gasteiger partial charge in [0.25, 0.3) is 0 Å². The topological polar surface area (TPSA) is 38.0 Å². The summed E-state index contributed by atoms with van der Waals surface area (Å²) >= 11 is 0. The Labute approximate surface area is 85.5 Å². The van der Waals surface area contributed by atoms with Crippen molar-refractivity contribution in [3.63, 3.8) is 0 Å². The predicted octanol–water partition coefficient (Wildman–Crippen LogP) is 2.30. The Bertz CT molecular complexity index is 305. The van der Waals surface area contributed by atoms with Gasteiger partial charge in [-0.1, -0.05) is 37.1 Å². The van der Waals surface area contributed by atoms with Crippen LogP contribution in [0.3, 0.4) is 0 Å². The summed E-state index contributed by atoms with van der Waals surface area (Å²) in [4.78, 5) is 0. The van der Waals surface area contributed by atoms with Gasteiger partial charge in [0.15, 0.2) is 0 Å². The van der Waals surface area contributed by atoms with E-state index in [9.17, 15) is 0 Å². The van der Waals surface area contributed by atoms with Gasteiger partial charge in [0.1, 0.15) is 0 Å². The molecule has 3 N–H and O–H groups in total. The lowest BCUT2D eigenvalue weighted by atomic mass is 9.97. The van der Waals surface area contributed by atoms with Crippen molar-refractivity contribution in [1.82, 2.24) is 5.43 Å². The third-order valence-corrected chi connectivity index (χ3v) is 3.03. The van der Waals surface area contributed by atoms with Gasteiger partial charge in [0.05, 0.1) is 0 Å². The van der Waals surface area contributed by atoms with Gasteiger partial charge in [-0.15, -0.1) is 0 Å². The molecule has 1 saturated carbocycles. The van der Waals surface area contributed by atoms with E-state index in [1.165, 1.54) is 30.4 Å². The van der Waals surface area contributed by atoms with E-state index in [0.29, 0.717) is 6.04 Å². The van der Waals surface area contributed by atoms with Crippen LogP contribution in [0.2, 0.25) is 0 Å². The highest BCUT2D eigenvalue weighted by Crippen LogP contribution is 2.37. The summed E-state index contributed by atoms with van der Waals surface area (Å²) in [6.07, 6.45) is 3.94. The molecule has 14 heavy (non-hydrogen) atoms. The minimum absolute atomic E-state index is 0.337. The summed E-state index contributed by atoms with van der Waals surface area (Å²) in [5.41, 5.74) is 5.61. The van der Waals surface area contributed by atoms with E-state index in [1.54, 1.807) is 0 Å². The maximum Gasteiger partial charge on any atom is 0.0465 e.